The maximum atomic E-state index is 12.2. The number of aliphatic carboxylic acids is 1. The first-order valence-electron chi connectivity index (χ1n) is 6.02. The molecule has 0 saturated carbocycles. The van der Waals surface area contributed by atoms with Gasteiger partial charge in [-0.2, -0.15) is 0 Å². The molecule has 19 heavy (non-hydrogen) atoms. The predicted octanol–water partition coefficient (Wildman–Crippen LogP) is 2.66. The van der Waals surface area contributed by atoms with Crippen molar-refractivity contribution in [1.29, 1.82) is 0 Å². The number of aromatic nitrogens is 1. The van der Waals surface area contributed by atoms with E-state index in [1.165, 1.54) is 0 Å². The Bertz CT molecular complexity index is 717. The van der Waals surface area contributed by atoms with Crippen LogP contribution in [0.25, 0.3) is 10.9 Å². The molecule has 1 atom stereocenters. The van der Waals surface area contributed by atoms with Crippen molar-refractivity contribution in [3.05, 3.63) is 34.5 Å². The average molecular weight is 278 g/mol. The molecule has 0 amide bonds. The highest BCUT2D eigenvalue weighted by atomic mass is 35.5. The third-order valence-electron chi connectivity index (χ3n) is 3.78. The molecule has 0 radical (unpaired) electrons. The first-order valence-corrected chi connectivity index (χ1v) is 6.39. The van der Waals surface area contributed by atoms with Gasteiger partial charge in [-0.05, 0) is 12.1 Å². The SMILES string of the molecule is Cn1c2c(c3ccc(Cl)cc31)C(=O)CC(C(=O)O)C2. The number of Topliss-reactive ketones (excluding diaryl/α,β-unsaturated/α-hetero) is 1. The summed E-state index contributed by atoms with van der Waals surface area (Å²) in [6, 6.07) is 5.38. The number of carbonyl (C=O) groups is 2. The van der Waals surface area contributed by atoms with E-state index in [0.717, 1.165) is 16.6 Å². The molecule has 5 heteroatoms. The lowest BCUT2D eigenvalue weighted by Crippen LogP contribution is -2.27. The zero-order chi connectivity index (χ0) is 13.7. The maximum Gasteiger partial charge on any atom is 0.307 e. The largest absolute Gasteiger partial charge is 0.481 e. The van der Waals surface area contributed by atoms with Gasteiger partial charge in [0.05, 0.1) is 11.4 Å². The minimum Gasteiger partial charge on any atom is -0.481 e. The summed E-state index contributed by atoms with van der Waals surface area (Å²) in [5.74, 6) is -1.64. The van der Waals surface area contributed by atoms with Crippen molar-refractivity contribution in [3.8, 4) is 0 Å². The van der Waals surface area contributed by atoms with Crippen LogP contribution >= 0.6 is 11.6 Å². The number of halogens is 1. The minimum atomic E-state index is -0.915. The number of carboxylic acid groups (broad SMARTS) is 1. The summed E-state index contributed by atoms with van der Waals surface area (Å²) in [7, 11) is 1.84. The van der Waals surface area contributed by atoms with Crippen molar-refractivity contribution in [2.45, 2.75) is 12.8 Å². The molecular weight excluding hydrogens is 266 g/mol. The molecule has 2 aromatic rings. The number of benzene rings is 1. The molecule has 1 aliphatic carbocycles. The molecule has 0 saturated heterocycles. The predicted molar refractivity (Wildman–Crippen MR) is 71.7 cm³/mol. The first-order chi connectivity index (χ1) is 8.99. The lowest BCUT2D eigenvalue weighted by molar-refractivity contribution is -0.141. The van der Waals surface area contributed by atoms with Gasteiger partial charge in [-0.3, -0.25) is 9.59 Å². The summed E-state index contributed by atoms with van der Waals surface area (Å²) in [5, 5.41) is 10.6. The van der Waals surface area contributed by atoms with Crippen molar-refractivity contribution >= 4 is 34.3 Å². The van der Waals surface area contributed by atoms with Crippen LogP contribution in [-0.2, 0) is 18.3 Å². The van der Waals surface area contributed by atoms with Crippen LogP contribution in [-0.4, -0.2) is 21.4 Å². The summed E-state index contributed by atoms with van der Waals surface area (Å²) < 4.78 is 1.88. The van der Waals surface area contributed by atoms with E-state index < -0.39 is 11.9 Å². The third-order valence-corrected chi connectivity index (χ3v) is 4.02. The van der Waals surface area contributed by atoms with Gasteiger partial charge in [0.25, 0.3) is 0 Å². The highest BCUT2D eigenvalue weighted by Crippen LogP contribution is 2.34. The highest BCUT2D eigenvalue weighted by Gasteiger charge is 2.33. The van der Waals surface area contributed by atoms with Crippen LogP contribution in [0.3, 0.4) is 0 Å². The van der Waals surface area contributed by atoms with Gasteiger partial charge in [0.1, 0.15) is 0 Å². The fraction of sp³-hybridized carbons (Fsp3) is 0.286. The Labute approximate surface area is 114 Å². The number of hydrogen-bond donors (Lipinski definition) is 1. The Morgan fingerprint density at radius 3 is 2.84 bits per heavy atom. The molecule has 4 nitrogen and oxygen atoms in total. The number of rotatable bonds is 1. The summed E-state index contributed by atoms with van der Waals surface area (Å²) in [6.07, 6.45) is 0.462. The van der Waals surface area contributed by atoms with E-state index in [4.69, 9.17) is 16.7 Å². The average Bonchev–Trinajstić information content (AvgIpc) is 2.63. The molecular formula is C14H12ClNO3. The molecule has 1 unspecified atom stereocenters. The number of ketones is 1. The Morgan fingerprint density at radius 1 is 1.42 bits per heavy atom. The fourth-order valence-corrected chi connectivity index (χ4v) is 2.98. The monoisotopic (exact) mass is 277 g/mol. The lowest BCUT2D eigenvalue weighted by Gasteiger charge is -2.19. The molecule has 1 aromatic carbocycles. The number of nitrogens with zero attached hydrogens (tertiary/aromatic N) is 1. The molecule has 1 N–H and O–H groups in total. The van der Waals surface area contributed by atoms with Gasteiger partial charge in [0, 0.05) is 41.6 Å². The van der Waals surface area contributed by atoms with E-state index in [9.17, 15) is 9.59 Å². The van der Waals surface area contributed by atoms with Crippen molar-refractivity contribution in [1.82, 2.24) is 4.57 Å². The maximum absolute atomic E-state index is 12.2. The number of carboxylic acids is 1. The summed E-state index contributed by atoms with van der Waals surface area (Å²) in [4.78, 5) is 23.3. The molecule has 0 aliphatic heterocycles. The molecule has 3 rings (SSSR count). The van der Waals surface area contributed by atoms with Crippen molar-refractivity contribution < 1.29 is 14.7 Å². The Balaban J connectivity index is 2.27. The first kappa shape index (κ1) is 12.2. The van der Waals surface area contributed by atoms with Gasteiger partial charge in [-0.1, -0.05) is 17.7 Å². The van der Waals surface area contributed by atoms with Crippen molar-refractivity contribution in [2.24, 2.45) is 13.0 Å². The van der Waals surface area contributed by atoms with Crippen LogP contribution in [0.2, 0.25) is 5.02 Å². The number of fused-ring (bicyclic) bond motifs is 3. The number of hydrogen-bond acceptors (Lipinski definition) is 2. The molecule has 0 bridgehead atoms. The van der Waals surface area contributed by atoms with Crippen LogP contribution in [0.5, 0.6) is 0 Å². The van der Waals surface area contributed by atoms with E-state index in [1.54, 1.807) is 12.1 Å². The highest BCUT2D eigenvalue weighted by molar-refractivity contribution is 6.31. The minimum absolute atomic E-state index is 0.0735. The van der Waals surface area contributed by atoms with Crippen LogP contribution in [0, 0.1) is 5.92 Å². The van der Waals surface area contributed by atoms with E-state index in [-0.39, 0.29) is 12.2 Å². The Morgan fingerprint density at radius 2 is 2.16 bits per heavy atom. The standard InChI is InChI=1S/C14H12ClNO3/c1-16-10-6-8(15)2-3-9(10)13-11(16)4-7(14(18)19)5-12(13)17/h2-3,6-7H,4-5H2,1H3,(H,18,19). The quantitative estimate of drug-likeness (QED) is 0.872. The second kappa shape index (κ2) is 4.10. The smallest absolute Gasteiger partial charge is 0.307 e. The fourth-order valence-electron chi connectivity index (χ4n) is 2.82. The van der Waals surface area contributed by atoms with E-state index in [1.807, 2.05) is 17.7 Å². The van der Waals surface area contributed by atoms with E-state index in [0.29, 0.717) is 17.0 Å². The van der Waals surface area contributed by atoms with Crippen LogP contribution in [0.1, 0.15) is 22.5 Å². The lowest BCUT2D eigenvalue weighted by atomic mass is 9.86. The molecule has 1 heterocycles. The van der Waals surface area contributed by atoms with Crippen molar-refractivity contribution in [2.75, 3.05) is 0 Å². The van der Waals surface area contributed by atoms with Gasteiger partial charge in [-0.15, -0.1) is 0 Å². The zero-order valence-electron chi connectivity index (χ0n) is 10.3. The van der Waals surface area contributed by atoms with E-state index in [2.05, 4.69) is 0 Å². The van der Waals surface area contributed by atoms with Gasteiger partial charge >= 0.3 is 5.97 Å². The molecule has 0 spiro atoms. The zero-order valence-corrected chi connectivity index (χ0v) is 11.1. The summed E-state index contributed by atoms with van der Waals surface area (Å²) in [6.45, 7) is 0. The summed E-state index contributed by atoms with van der Waals surface area (Å²) >= 11 is 5.98. The second-order valence-corrected chi connectivity index (χ2v) is 5.35. The number of aryl methyl sites for hydroxylation is 1. The van der Waals surface area contributed by atoms with Gasteiger partial charge in [0.2, 0.25) is 0 Å². The van der Waals surface area contributed by atoms with Crippen LogP contribution in [0.4, 0.5) is 0 Å². The van der Waals surface area contributed by atoms with E-state index >= 15 is 0 Å². The normalized spacial score (nSPS) is 18.6. The third kappa shape index (κ3) is 1.75. The second-order valence-electron chi connectivity index (χ2n) is 4.91. The summed E-state index contributed by atoms with van der Waals surface area (Å²) in [5.41, 5.74) is 2.32. The van der Waals surface area contributed by atoms with Crippen LogP contribution < -0.4 is 0 Å². The topological polar surface area (TPSA) is 59.3 Å². The van der Waals surface area contributed by atoms with Crippen LogP contribution in [0.15, 0.2) is 18.2 Å². The molecule has 0 fully saturated rings. The number of carbonyl (C=O) groups excluding carboxylic acids is 1. The van der Waals surface area contributed by atoms with Gasteiger partial charge < -0.3 is 9.67 Å². The van der Waals surface area contributed by atoms with Gasteiger partial charge in [-0.25, -0.2) is 0 Å². The molecule has 1 aromatic heterocycles. The van der Waals surface area contributed by atoms with Gasteiger partial charge in [0.15, 0.2) is 5.78 Å². The van der Waals surface area contributed by atoms with Crippen molar-refractivity contribution in [3.63, 3.8) is 0 Å². The molecule has 1 aliphatic rings. The Hall–Kier alpha value is -1.81. The molecule has 98 valence electrons. The Kier molecular flexibility index (Phi) is 2.64.